The van der Waals surface area contributed by atoms with Gasteiger partial charge in [0.2, 0.25) is 11.8 Å². The van der Waals surface area contributed by atoms with Gasteiger partial charge in [-0.2, -0.15) is 0 Å². The van der Waals surface area contributed by atoms with Crippen molar-refractivity contribution in [2.75, 3.05) is 5.32 Å². The van der Waals surface area contributed by atoms with E-state index < -0.39 is 18.1 Å². The number of hydrogen-bond donors (Lipinski definition) is 2. The maximum atomic E-state index is 12.6. The Hall–Kier alpha value is -2.74. The molecule has 8 heteroatoms. The van der Waals surface area contributed by atoms with E-state index in [4.69, 9.17) is 0 Å². The van der Waals surface area contributed by atoms with Crippen LogP contribution in [0.4, 0.5) is 5.13 Å². The number of carbonyl (C=O) groups is 3. The SMILES string of the molecule is O=C1CC(C(=O)Nc2nccs2)N2C(=O)c3ccccc3C2N1. The molecule has 2 N–H and O–H groups in total. The summed E-state index contributed by atoms with van der Waals surface area (Å²) >= 11 is 1.28. The average molecular weight is 328 g/mol. The smallest absolute Gasteiger partial charge is 0.256 e. The lowest BCUT2D eigenvalue weighted by Gasteiger charge is -2.36. The molecule has 116 valence electrons. The Morgan fingerprint density at radius 1 is 1.35 bits per heavy atom. The normalized spacial score (nSPS) is 22.3. The molecule has 3 heterocycles. The highest BCUT2D eigenvalue weighted by Crippen LogP contribution is 2.36. The number of amides is 3. The molecule has 7 nitrogen and oxygen atoms in total. The number of anilines is 1. The number of aromatic nitrogens is 1. The summed E-state index contributed by atoms with van der Waals surface area (Å²) in [6.07, 6.45) is 0.924. The van der Waals surface area contributed by atoms with Crippen molar-refractivity contribution >= 4 is 34.2 Å². The van der Waals surface area contributed by atoms with E-state index in [9.17, 15) is 14.4 Å². The van der Waals surface area contributed by atoms with Crippen molar-refractivity contribution in [2.24, 2.45) is 0 Å². The van der Waals surface area contributed by atoms with E-state index in [1.165, 1.54) is 16.2 Å². The van der Waals surface area contributed by atoms with Crippen molar-refractivity contribution in [3.63, 3.8) is 0 Å². The van der Waals surface area contributed by atoms with Crippen molar-refractivity contribution in [3.05, 3.63) is 47.0 Å². The molecule has 0 spiro atoms. The van der Waals surface area contributed by atoms with E-state index in [1.54, 1.807) is 35.8 Å². The van der Waals surface area contributed by atoms with Crippen LogP contribution in [0.5, 0.6) is 0 Å². The molecule has 1 aromatic heterocycles. The van der Waals surface area contributed by atoms with Gasteiger partial charge in [-0.05, 0) is 6.07 Å². The molecule has 1 aromatic carbocycles. The lowest BCUT2D eigenvalue weighted by molar-refractivity contribution is -0.134. The lowest BCUT2D eigenvalue weighted by Crippen LogP contribution is -2.56. The van der Waals surface area contributed by atoms with Crippen LogP contribution in [-0.2, 0) is 9.59 Å². The van der Waals surface area contributed by atoms with Crippen molar-refractivity contribution in [3.8, 4) is 0 Å². The van der Waals surface area contributed by atoms with Crippen LogP contribution in [0.3, 0.4) is 0 Å². The third-order valence-electron chi connectivity index (χ3n) is 3.98. The van der Waals surface area contributed by atoms with Crippen LogP contribution in [0, 0.1) is 0 Å². The van der Waals surface area contributed by atoms with Gasteiger partial charge < -0.3 is 15.5 Å². The van der Waals surface area contributed by atoms with E-state index in [1.807, 2.05) is 0 Å². The molecule has 2 aromatic rings. The zero-order valence-electron chi connectivity index (χ0n) is 11.9. The molecule has 2 atom stereocenters. The first kappa shape index (κ1) is 13.9. The van der Waals surface area contributed by atoms with Gasteiger partial charge in [-0.1, -0.05) is 18.2 Å². The fraction of sp³-hybridized carbons (Fsp3) is 0.200. The highest BCUT2D eigenvalue weighted by atomic mass is 32.1. The van der Waals surface area contributed by atoms with Crippen LogP contribution in [0.1, 0.15) is 28.5 Å². The monoisotopic (exact) mass is 328 g/mol. The molecule has 1 fully saturated rings. The number of thiazole rings is 1. The molecule has 1 saturated heterocycles. The van der Waals surface area contributed by atoms with Crippen LogP contribution in [-0.4, -0.2) is 33.6 Å². The third-order valence-corrected chi connectivity index (χ3v) is 4.66. The molecule has 3 amide bonds. The Kier molecular flexibility index (Phi) is 3.12. The van der Waals surface area contributed by atoms with E-state index >= 15 is 0 Å². The number of rotatable bonds is 2. The molecule has 4 rings (SSSR count). The molecular weight excluding hydrogens is 316 g/mol. The number of nitrogens with one attached hydrogen (secondary N) is 2. The van der Waals surface area contributed by atoms with E-state index in [0.717, 1.165) is 5.56 Å². The Labute approximate surface area is 135 Å². The van der Waals surface area contributed by atoms with Crippen molar-refractivity contribution in [2.45, 2.75) is 18.6 Å². The van der Waals surface area contributed by atoms with Crippen LogP contribution < -0.4 is 10.6 Å². The molecule has 23 heavy (non-hydrogen) atoms. The summed E-state index contributed by atoms with van der Waals surface area (Å²) in [5.74, 6) is -0.902. The molecule has 0 radical (unpaired) electrons. The van der Waals surface area contributed by atoms with Crippen molar-refractivity contribution in [1.82, 2.24) is 15.2 Å². The van der Waals surface area contributed by atoms with Gasteiger partial charge in [0.25, 0.3) is 5.91 Å². The van der Waals surface area contributed by atoms with Gasteiger partial charge in [0.15, 0.2) is 5.13 Å². The number of hydrogen-bond acceptors (Lipinski definition) is 5. The highest BCUT2D eigenvalue weighted by Gasteiger charge is 2.47. The second kappa shape index (κ2) is 5.17. The lowest BCUT2D eigenvalue weighted by atomic mass is 10.1. The minimum absolute atomic E-state index is 0.0621. The molecule has 2 aliphatic rings. The molecular formula is C15H12N4O3S. The second-order valence-corrected chi connectivity index (χ2v) is 6.21. The predicted molar refractivity (Wildman–Crippen MR) is 82.6 cm³/mol. The minimum atomic E-state index is -0.849. The van der Waals surface area contributed by atoms with Crippen LogP contribution >= 0.6 is 11.3 Å². The summed E-state index contributed by atoms with van der Waals surface area (Å²) in [6.45, 7) is 0. The summed E-state index contributed by atoms with van der Waals surface area (Å²) in [5, 5.41) is 7.63. The Morgan fingerprint density at radius 2 is 2.17 bits per heavy atom. The van der Waals surface area contributed by atoms with Crippen molar-refractivity contribution in [1.29, 1.82) is 0 Å². The maximum absolute atomic E-state index is 12.6. The topological polar surface area (TPSA) is 91.4 Å². The van der Waals surface area contributed by atoms with Crippen LogP contribution in [0.15, 0.2) is 35.8 Å². The molecule has 0 aliphatic carbocycles. The van der Waals surface area contributed by atoms with Gasteiger partial charge >= 0.3 is 0 Å². The maximum Gasteiger partial charge on any atom is 0.256 e. The number of carbonyl (C=O) groups excluding carboxylic acids is 3. The first-order chi connectivity index (χ1) is 11.1. The number of nitrogens with zero attached hydrogens (tertiary/aromatic N) is 2. The zero-order chi connectivity index (χ0) is 16.0. The summed E-state index contributed by atoms with van der Waals surface area (Å²) in [7, 11) is 0. The summed E-state index contributed by atoms with van der Waals surface area (Å²) in [6, 6.07) is 6.22. The first-order valence-electron chi connectivity index (χ1n) is 7.06. The van der Waals surface area contributed by atoms with E-state index in [-0.39, 0.29) is 18.2 Å². The van der Waals surface area contributed by atoms with Gasteiger partial charge in [-0.3, -0.25) is 14.4 Å². The molecule has 0 saturated carbocycles. The van der Waals surface area contributed by atoms with Crippen molar-refractivity contribution < 1.29 is 14.4 Å². The van der Waals surface area contributed by atoms with Gasteiger partial charge in [-0.25, -0.2) is 4.98 Å². The Balaban J connectivity index is 1.67. The summed E-state index contributed by atoms with van der Waals surface area (Å²) < 4.78 is 0. The fourth-order valence-electron chi connectivity index (χ4n) is 2.98. The standard InChI is InChI=1S/C15H12N4O3S/c20-11-7-10(13(21)18-15-16-5-6-23-15)19-12(17-11)8-3-1-2-4-9(8)14(19)22/h1-6,10,12H,7H2,(H,17,20)(H,16,18,21). The van der Waals surface area contributed by atoms with Gasteiger partial charge in [-0.15, -0.1) is 11.3 Å². The van der Waals surface area contributed by atoms with Gasteiger partial charge in [0, 0.05) is 22.7 Å². The van der Waals surface area contributed by atoms with Gasteiger partial charge in [0.05, 0.1) is 6.42 Å². The predicted octanol–water partition coefficient (Wildman–Crippen LogP) is 1.12. The van der Waals surface area contributed by atoms with Gasteiger partial charge in [0.1, 0.15) is 12.2 Å². The zero-order valence-corrected chi connectivity index (χ0v) is 12.7. The fourth-order valence-corrected chi connectivity index (χ4v) is 3.52. The quantitative estimate of drug-likeness (QED) is 0.864. The molecule has 2 unspecified atom stereocenters. The highest BCUT2D eigenvalue weighted by molar-refractivity contribution is 7.13. The van der Waals surface area contributed by atoms with E-state index in [2.05, 4.69) is 15.6 Å². The second-order valence-electron chi connectivity index (χ2n) is 5.32. The number of fused-ring (bicyclic) bond motifs is 3. The Bertz CT molecular complexity index is 805. The third kappa shape index (κ3) is 2.18. The molecule has 0 bridgehead atoms. The summed E-state index contributed by atoms with van der Waals surface area (Å²) in [4.78, 5) is 42.6. The van der Waals surface area contributed by atoms with Crippen LogP contribution in [0.2, 0.25) is 0 Å². The van der Waals surface area contributed by atoms with Crippen LogP contribution in [0.25, 0.3) is 0 Å². The minimum Gasteiger partial charge on any atom is -0.332 e. The molecule has 2 aliphatic heterocycles. The van der Waals surface area contributed by atoms with E-state index in [0.29, 0.717) is 10.7 Å². The largest absolute Gasteiger partial charge is 0.332 e. The number of benzene rings is 1. The first-order valence-corrected chi connectivity index (χ1v) is 7.94. The Morgan fingerprint density at radius 3 is 2.96 bits per heavy atom. The summed E-state index contributed by atoms with van der Waals surface area (Å²) in [5.41, 5.74) is 1.24. The average Bonchev–Trinajstić information content (AvgIpc) is 3.15.